The number of halogens is 2. The largest absolute Gasteiger partial charge is 0.323 e. The van der Waals surface area contributed by atoms with E-state index in [0.717, 1.165) is 5.56 Å². The van der Waals surface area contributed by atoms with Gasteiger partial charge in [-0.3, -0.25) is 9.69 Å². The van der Waals surface area contributed by atoms with Crippen LogP contribution in [0.1, 0.15) is 33.3 Å². The molecule has 1 fully saturated rings. The van der Waals surface area contributed by atoms with Crippen molar-refractivity contribution in [1.29, 1.82) is 0 Å². The van der Waals surface area contributed by atoms with Gasteiger partial charge in [-0.05, 0) is 48.2 Å². The predicted molar refractivity (Wildman–Crippen MR) is 130 cm³/mol. The molecule has 6 nitrogen and oxygen atoms in total. The minimum atomic E-state index is -3.58. The lowest BCUT2D eigenvalue weighted by Gasteiger charge is -2.36. The van der Waals surface area contributed by atoms with Gasteiger partial charge in [-0.15, -0.1) is 0 Å². The molecule has 32 heavy (non-hydrogen) atoms. The van der Waals surface area contributed by atoms with Crippen LogP contribution in [0.3, 0.4) is 0 Å². The molecule has 2 aromatic rings. The van der Waals surface area contributed by atoms with Gasteiger partial charge in [0, 0.05) is 31.2 Å². The molecule has 1 saturated heterocycles. The molecule has 0 aromatic heterocycles. The molecule has 1 N–H and O–H groups in total. The fraction of sp³-hybridized carbons (Fsp3) is 0.435. The van der Waals surface area contributed by atoms with Gasteiger partial charge in [-0.25, -0.2) is 8.42 Å². The number of sulfonamides is 1. The van der Waals surface area contributed by atoms with E-state index in [9.17, 15) is 13.2 Å². The van der Waals surface area contributed by atoms with Crippen LogP contribution in [0.4, 0.5) is 5.69 Å². The minimum Gasteiger partial charge on any atom is -0.323 e. The second kappa shape index (κ2) is 9.69. The Labute approximate surface area is 200 Å². The molecule has 0 aliphatic carbocycles. The molecule has 0 bridgehead atoms. The number of rotatable bonds is 5. The first-order valence-corrected chi connectivity index (χ1v) is 12.7. The number of benzene rings is 2. The average Bonchev–Trinajstić information content (AvgIpc) is 2.74. The summed E-state index contributed by atoms with van der Waals surface area (Å²) in [6.07, 6.45) is 0. The molecule has 1 amide bonds. The number of amides is 1. The van der Waals surface area contributed by atoms with E-state index in [1.54, 1.807) is 37.3 Å². The topological polar surface area (TPSA) is 69.7 Å². The zero-order chi connectivity index (χ0) is 23.7. The summed E-state index contributed by atoms with van der Waals surface area (Å²) >= 11 is 12.0. The van der Waals surface area contributed by atoms with Gasteiger partial charge in [0.2, 0.25) is 15.9 Å². The zero-order valence-electron chi connectivity index (χ0n) is 18.7. The third-order valence-electron chi connectivity index (χ3n) is 5.75. The van der Waals surface area contributed by atoms with Crippen LogP contribution in [0, 0.1) is 0 Å². The lowest BCUT2D eigenvalue weighted by molar-refractivity contribution is -0.121. The Morgan fingerprint density at radius 3 is 2.12 bits per heavy atom. The van der Waals surface area contributed by atoms with Crippen LogP contribution >= 0.6 is 23.2 Å². The van der Waals surface area contributed by atoms with Gasteiger partial charge < -0.3 is 5.32 Å². The van der Waals surface area contributed by atoms with Crippen LogP contribution in [-0.4, -0.2) is 55.8 Å². The van der Waals surface area contributed by atoms with Crippen LogP contribution in [-0.2, 0) is 20.2 Å². The maximum absolute atomic E-state index is 13.1. The van der Waals surface area contributed by atoms with E-state index < -0.39 is 16.1 Å². The predicted octanol–water partition coefficient (Wildman–Crippen LogP) is 4.62. The highest BCUT2D eigenvalue weighted by Crippen LogP contribution is 2.27. The summed E-state index contributed by atoms with van der Waals surface area (Å²) in [5, 5.41) is 3.68. The van der Waals surface area contributed by atoms with Crippen LogP contribution in [0.2, 0.25) is 10.0 Å². The highest BCUT2D eigenvalue weighted by molar-refractivity contribution is 7.89. The Balaban J connectivity index is 1.61. The van der Waals surface area contributed by atoms with E-state index in [4.69, 9.17) is 23.2 Å². The number of hydrogen-bond acceptors (Lipinski definition) is 4. The minimum absolute atomic E-state index is 0.0408. The number of carbonyl (C=O) groups is 1. The average molecular weight is 498 g/mol. The summed E-state index contributed by atoms with van der Waals surface area (Å²) in [6.45, 7) is 9.64. The lowest BCUT2D eigenvalue weighted by Crippen LogP contribution is -2.53. The summed E-state index contributed by atoms with van der Waals surface area (Å²) in [5.41, 5.74) is 1.54. The van der Waals surface area contributed by atoms with Gasteiger partial charge in [-0.1, -0.05) is 56.1 Å². The summed E-state index contributed by atoms with van der Waals surface area (Å²) in [6, 6.07) is 11.5. The van der Waals surface area contributed by atoms with Gasteiger partial charge in [-0.2, -0.15) is 4.31 Å². The van der Waals surface area contributed by atoms with E-state index in [1.165, 1.54) is 4.31 Å². The van der Waals surface area contributed by atoms with Gasteiger partial charge >= 0.3 is 0 Å². The van der Waals surface area contributed by atoms with Crippen LogP contribution in [0.25, 0.3) is 0 Å². The number of anilines is 1. The van der Waals surface area contributed by atoms with Crippen LogP contribution in [0.15, 0.2) is 47.4 Å². The van der Waals surface area contributed by atoms with Crippen LogP contribution in [0.5, 0.6) is 0 Å². The maximum Gasteiger partial charge on any atom is 0.243 e. The summed E-state index contributed by atoms with van der Waals surface area (Å²) in [5.74, 6) is -0.205. The Morgan fingerprint density at radius 1 is 1.00 bits per heavy atom. The Hall–Kier alpha value is -1.64. The zero-order valence-corrected chi connectivity index (χ0v) is 21.1. The fourth-order valence-electron chi connectivity index (χ4n) is 3.60. The molecule has 174 valence electrons. The van der Waals surface area contributed by atoms with E-state index in [0.29, 0.717) is 46.8 Å². The molecular formula is C23H29Cl2N3O3S. The van der Waals surface area contributed by atoms with Crippen molar-refractivity contribution in [1.82, 2.24) is 9.21 Å². The monoisotopic (exact) mass is 497 g/mol. The highest BCUT2D eigenvalue weighted by atomic mass is 35.5. The normalized spacial score (nSPS) is 17.2. The SMILES string of the molecule is C[C@H](C(=O)Nc1ccc(Cl)cc1Cl)N1CCN(S(=O)(=O)c2ccc(C(C)(C)C)cc2)CC1. The van der Waals surface area contributed by atoms with E-state index >= 15 is 0 Å². The third kappa shape index (κ3) is 5.64. The first-order valence-electron chi connectivity index (χ1n) is 10.5. The summed E-state index contributed by atoms with van der Waals surface area (Å²) in [4.78, 5) is 14.9. The Morgan fingerprint density at radius 2 is 1.59 bits per heavy atom. The number of hydrogen-bond donors (Lipinski definition) is 1. The molecule has 0 radical (unpaired) electrons. The Bertz CT molecular complexity index is 1070. The van der Waals surface area contributed by atoms with Crippen molar-refractivity contribution in [2.24, 2.45) is 0 Å². The molecular weight excluding hydrogens is 469 g/mol. The maximum atomic E-state index is 13.1. The first kappa shape index (κ1) is 25.0. The third-order valence-corrected chi connectivity index (χ3v) is 8.21. The number of nitrogens with zero attached hydrogens (tertiary/aromatic N) is 2. The summed E-state index contributed by atoms with van der Waals surface area (Å²) < 4.78 is 27.6. The molecule has 0 spiro atoms. The first-order chi connectivity index (χ1) is 14.9. The number of nitrogens with one attached hydrogen (secondary N) is 1. The van der Waals surface area contributed by atoms with E-state index in [-0.39, 0.29) is 11.3 Å². The standard InChI is InChI=1S/C23H29Cl2N3O3S/c1-16(22(29)26-21-10-7-18(24)15-20(21)25)27-11-13-28(14-12-27)32(30,31)19-8-5-17(6-9-19)23(2,3)4/h5-10,15-16H,11-14H2,1-4H3,(H,26,29)/t16-/m1/s1. The van der Waals surface area contributed by atoms with Crippen molar-refractivity contribution >= 4 is 44.8 Å². The highest BCUT2D eigenvalue weighted by Gasteiger charge is 2.32. The molecule has 0 saturated carbocycles. The lowest BCUT2D eigenvalue weighted by atomic mass is 9.87. The van der Waals surface area contributed by atoms with Crippen molar-refractivity contribution < 1.29 is 13.2 Å². The molecule has 0 unspecified atom stereocenters. The molecule has 2 aromatic carbocycles. The second-order valence-electron chi connectivity index (χ2n) is 9.00. The van der Waals surface area contributed by atoms with Crippen molar-refractivity contribution in [3.8, 4) is 0 Å². The smallest absolute Gasteiger partial charge is 0.243 e. The molecule has 1 heterocycles. The van der Waals surface area contributed by atoms with Gasteiger partial charge in [0.25, 0.3) is 0 Å². The quantitative estimate of drug-likeness (QED) is 0.653. The van der Waals surface area contributed by atoms with Gasteiger partial charge in [0.05, 0.1) is 21.6 Å². The van der Waals surface area contributed by atoms with E-state index in [1.807, 2.05) is 17.0 Å². The number of carbonyl (C=O) groups excluding carboxylic acids is 1. The molecule has 3 rings (SSSR count). The van der Waals surface area contributed by atoms with Crippen molar-refractivity contribution in [3.05, 3.63) is 58.1 Å². The van der Waals surface area contributed by atoms with Gasteiger partial charge in [0.15, 0.2) is 0 Å². The van der Waals surface area contributed by atoms with E-state index in [2.05, 4.69) is 26.1 Å². The molecule has 1 atom stereocenters. The van der Waals surface area contributed by atoms with Crippen LogP contribution < -0.4 is 5.32 Å². The molecule has 1 aliphatic heterocycles. The number of piperazine rings is 1. The Kier molecular flexibility index (Phi) is 7.57. The van der Waals surface area contributed by atoms with Crippen molar-refractivity contribution in [2.75, 3.05) is 31.5 Å². The summed E-state index contributed by atoms with van der Waals surface area (Å²) in [7, 11) is -3.58. The second-order valence-corrected chi connectivity index (χ2v) is 11.8. The van der Waals surface area contributed by atoms with Crippen molar-refractivity contribution in [2.45, 2.75) is 44.0 Å². The molecule has 9 heteroatoms. The van der Waals surface area contributed by atoms with Gasteiger partial charge in [0.1, 0.15) is 0 Å². The fourth-order valence-corrected chi connectivity index (χ4v) is 5.48. The van der Waals surface area contributed by atoms with Crippen molar-refractivity contribution in [3.63, 3.8) is 0 Å². The molecule has 1 aliphatic rings.